The van der Waals surface area contributed by atoms with E-state index in [1.165, 1.54) is 23.1 Å². The molecular weight excluding hydrogens is 379 g/mol. The highest BCUT2D eigenvalue weighted by Gasteiger charge is 2.19. The van der Waals surface area contributed by atoms with E-state index in [1.807, 2.05) is 0 Å². The third-order valence-corrected chi connectivity index (χ3v) is 3.55. The van der Waals surface area contributed by atoms with Crippen molar-refractivity contribution >= 4 is 0 Å². The predicted molar refractivity (Wildman–Crippen MR) is 89.6 cm³/mol. The number of benzene rings is 1. The Bertz CT molecular complexity index is 959. The van der Waals surface area contributed by atoms with Gasteiger partial charge < -0.3 is 14.6 Å². The van der Waals surface area contributed by atoms with Gasteiger partial charge in [0.25, 0.3) is 0 Å². The Labute approximate surface area is 157 Å². The van der Waals surface area contributed by atoms with Crippen molar-refractivity contribution in [3.8, 4) is 17.4 Å². The van der Waals surface area contributed by atoms with Crippen molar-refractivity contribution in [1.29, 1.82) is 0 Å². The van der Waals surface area contributed by atoms with Crippen molar-refractivity contribution in [2.24, 2.45) is 0 Å². The molecule has 0 aliphatic heterocycles. The fourth-order valence-corrected chi connectivity index (χ4v) is 2.20. The standard InChI is InChI=1S/C17H16F3N5O3/c1-17(2,26)14-5-6-21-16(22-14)27-9-10-8-25(24-23-10)11-3-4-12(18)13(7-11)28-15(19)20/h3-8,15,26H,9H2,1-2H3. The Kier molecular flexibility index (Phi) is 5.45. The van der Waals surface area contributed by atoms with E-state index in [2.05, 4.69) is 25.0 Å². The number of hydrogen-bond donors (Lipinski definition) is 1. The van der Waals surface area contributed by atoms with Crippen LogP contribution < -0.4 is 9.47 Å². The highest BCUT2D eigenvalue weighted by molar-refractivity contribution is 5.39. The second-order valence-electron chi connectivity index (χ2n) is 6.22. The number of alkyl halides is 2. The van der Waals surface area contributed by atoms with Gasteiger partial charge in [0.05, 0.1) is 17.6 Å². The summed E-state index contributed by atoms with van der Waals surface area (Å²) in [4.78, 5) is 8.06. The van der Waals surface area contributed by atoms with Crippen LogP contribution in [0.2, 0.25) is 0 Å². The molecule has 0 saturated carbocycles. The van der Waals surface area contributed by atoms with E-state index < -0.39 is 23.8 Å². The predicted octanol–water partition coefficient (Wildman–Crippen LogP) is 2.60. The van der Waals surface area contributed by atoms with Gasteiger partial charge >= 0.3 is 12.6 Å². The Morgan fingerprint density at radius 2 is 2.04 bits per heavy atom. The van der Waals surface area contributed by atoms with Gasteiger partial charge in [-0.15, -0.1) is 5.10 Å². The first kappa shape index (κ1) is 19.5. The highest BCUT2D eigenvalue weighted by atomic mass is 19.3. The van der Waals surface area contributed by atoms with Gasteiger partial charge in [0.15, 0.2) is 11.6 Å². The molecule has 2 aromatic heterocycles. The molecule has 0 saturated heterocycles. The number of ether oxygens (including phenoxy) is 2. The zero-order chi connectivity index (χ0) is 20.3. The number of halogens is 3. The van der Waals surface area contributed by atoms with E-state index in [-0.39, 0.29) is 18.3 Å². The van der Waals surface area contributed by atoms with E-state index in [0.717, 1.165) is 12.1 Å². The third-order valence-electron chi connectivity index (χ3n) is 3.55. The molecule has 148 valence electrons. The lowest BCUT2D eigenvalue weighted by Crippen LogP contribution is -2.18. The Morgan fingerprint density at radius 1 is 1.25 bits per heavy atom. The summed E-state index contributed by atoms with van der Waals surface area (Å²) in [5, 5.41) is 17.7. The van der Waals surface area contributed by atoms with Crippen LogP contribution in [0.5, 0.6) is 11.8 Å². The van der Waals surface area contributed by atoms with Crippen LogP contribution in [0.15, 0.2) is 36.7 Å². The Hall–Kier alpha value is -3.21. The highest BCUT2D eigenvalue weighted by Crippen LogP contribution is 2.23. The van der Waals surface area contributed by atoms with Gasteiger partial charge in [-0.1, -0.05) is 5.21 Å². The lowest BCUT2D eigenvalue weighted by atomic mass is 10.1. The summed E-state index contributed by atoms with van der Waals surface area (Å²) >= 11 is 0. The molecule has 0 atom stereocenters. The van der Waals surface area contributed by atoms with Crippen molar-refractivity contribution in [1.82, 2.24) is 25.0 Å². The monoisotopic (exact) mass is 395 g/mol. The minimum absolute atomic E-state index is 0.0309. The normalized spacial score (nSPS) is 11.7. The van der Waals surface area contributed by atoms with Gasteiger partial charge in [-0.25, -0.2) is 14.1 Å². The van der Waals surface area contributed by atoms with Gasteiger partial charge in [0, 0.05) is 12.3 Å². The largest absolute Gasteiger partial charge is 0.457 e. The zero-order valence-corrected chi connectivity index (χ0v) is 14.9. The van der Waals surface area contributed by atoms with E-state index >= 15 is 0 Å². The Morgan fingerprint density at radius 3 is 2.75 bits per heavy atom. The molecule has 0 spiro atoms. The quantitative estimate of drug-likeness (QED) is 0.657. The van der Waals surface area contributed by atoms with Crippen LogP contribution in [-0.2, 0) is 12.2 Å². The van der Waals surface area contributed by atoms with Gasteiger partial charge in [0.1, 0.15) is 17.9 Å². The summed E-state index contributed by atoms with van der Waals surface area (Å²) in [5.74, 6) is -1.52. The maximum atomic E-state index is 13.5. The molecule has 0 aliphatic carbocycles. The average molecular weight is 395 g/mol. The second-order valence-corrected chi connectivity index (χ2v) is 6.22. The molecule has 3 rings (SSSR count). The third kappa shape index (κ3) is 4.74. The van der Waals surface area contributed by atoms with Crippen molar-refractivity contribution in [3.05, 3.63) is 53.9 Å². The molecule has 1 N–H and O–H groups in total. The molecular formula is C17H16F3N5O3. The molecule has 8 nitrogen and oxygen atoms in total. The van der Waals surface area contributed by atoms with Gasteiger partial charge in [-0.2, -0.15) is 13.8 Å². The topological polar surface area (TPSA) is 95.2 Å². The summed E-state index contributed by atoms with van der Waals surface area (Å²) in [6.07, 6.45) is 2.93. The van der Waals surface area contributed by atoms with Crippen LogP contribution in [-0.4, -0.2) is 36.7 Å². The first-order valence-corrected chi connectivity index (χ1v) is 8.07. The van der Waals surface area contributed by atoms with Crippen LogP contribution in [0.25, 0.3) is 5.69 Å². The molecule has 1 aromatic carbocycles. The van der Waals surface area contributed by atoms with Crippen LogP contribution in [0, 0.1) is 5.82 Å². The summed E-state index contributed by atoms with van der Waals surface area (Å²) < 4.78 is 49.0. The van der Waals surface area contributed by atoms with Crippen LogP contribution in [0.4, 0.5) is 13.2 Å². The summed E-state index contributed by atoms with van der Waals surface area (Å²) in [7, 11) is 0. The lowest BCUT2D eigenvalue weighted by molar-refractivity contribution is -0.0521. The van der Waals surface area contributed by atoms with E-state index in [4.69, 9.17) is 4.74 Å². The van der Waals surface area contributed by atoms with Gasteiger partial charge in [-0.05, 0) is 32.0 Å². The summed E-state index contributed by atoms with van der Waals surface area (Å²) in [5.41, 5.74) is -0.0990. The van der Waals surface area contributed by atoms with E-state index in [1.54, 1.807) is 19.9 Å². The number of hydrogen-bond acceptors (Lipinski definition) is 7. The minimum Gasteiger partial charge on any atom is -0.457 e. The Balaban J connectivity index is 1.71. The molecule has 28 heavy (non-hydrogen) atoms. The smallest absolute Gasteiger partial charge is 0.387 e. The number of rotatable bonds is 7. The van der Waals surface area contributed by atoms with Gasteiger partial charge in [-0.3, -0.25) is 0 Å². The first-order valence-electron chi connectivity index (χ1n) is 8.07. The summed E-state index contributed by atoms with van der Waals surface area (Å²) in [6, 6.07) is 5.01. The molecule has 2 heterocycles. The minimum atomic E-state index is -3.15. The zero-order valence-electron chi connectivity index (χ0n) is 14.9. The molecule has 0 bridgehead atoms. The molecule has 0 fully saturated rings. The maximum absolute atomic E-state index is 13.5. The molecule has 0 unspecified atom stereocenters. The average Bonchev–Trinajstić information content (AvgIpc) is 3.10. The first-order chi connectivity index (χ1) is 13.2. The van der Waals surface area contributed by atoms with E-state index in [9.17, 15) is 18.3 Å². The molecule has 0 radical (unpaired) electrons. The summed E-state index contributed by atoms with van der Waals surface area (Å²) in [6.45, 7) is -0.0143. The van der Waals surface area contributed by atoms with Crippen LogP contribution in [0.3, 0.4) is 0 Å². The molecule has 11 heteroatoms. The maximum Gasteiger partial charge on any atom is 0.387 e. The SMILES string of the molecule is CC(C)(O)c1ccnc(OCc2cn(-c3ccc(F)c(OC(F)F)c3)nn2)n1. The van der Waals surface area contributed by atoms with Gasteiger partial charge in [0.2, 0.25) is 0 Å². The van der Waals surface area contributed by atoms with Crippen LogP contribution in [0.1, 0.15) is 25.2 Å². The molecule has 0 amide bonds. The second kappa shape index (κ2) is 7.80. The van der Waals surface area contributed by atoms with Crippen molar-refractivity contribution < 1.29 is 27.8 Å². The fraction of sp³-hybridized carbons (Fsp3) is 0.294. The van der Waals surface area contributed by atoms with Crippen molar-refractivity contribution in [2.75, 3.05) is 0 Å². The molecule has 0 aliphatic rings. The lowest BCUT2D eigenvalue weighted by Gasteiger charge is -2.16. The number of nitrogens with zero attached hydrogens (tertiary/aromatic N) is 5. The van der Waals surface area contributed by atoms with Crippen molar-refractivity contribution in [2.45, 2.75) is 32.7 Å². The number of aliphatic hydroxyl groups is 1. The van der Waals surface area contributed by atoms with Crippen molar-refractivity contribution in [3.63, 3.8) is 0 Å². The molecule has 3 aromatic rings. The number of aromatic nitrogens is 5. The fourth-order valence-electron chi connectivity index (χ4n) is 2.20. The van der Waals surface area contributed by atoms with Crippen LogP contribution >= 0.6 is 0 Å². The van der Waals surface area contributed by atoms with E-state index in [0.29, 0.717) is 11.4 Å².